The van der Waals surface area contributed by atoms with E-state index in [2.05, 4.69) is 19.9 Å². The number of fused-ring (bicyclic) bond motifs is 1. The molecule has 0 amide bonds. The summed E-state index contributed by atoms with van der Waals surface area (Å²) < 4.78 is 11.5. The number of aromatic nitrogens is 4. The third-order valence-electron chi connectivity index (χ3n) is 4.35. The number of ether oxygens (including phenoxy) is 2. The van der Waals surface area contributed by atoms with E-state index in [1.807, 2.05) is 43.3 Å². The number of likely N-dealkylation sites (N-methyl/N-ethyl adjacent to an activating group) is 1. The number of H-pyrrole nitrogens is 1. The molecule has 30 heavy (non-hydrogen) atoms. The molecule has 0 saturated carbocycles. The van der Waals surface area contributed by atoms with Crippen LogP contribution in [0.3, 0.4) is 0 Å². The SMILES string of the molecule is CN(C)CCOc1nccnc1Oc1ccc(C(=O)c2nc3ccccc3[nH]2)cc1. The lowest BCUT2D eigenvalue weighted by molar-refractivity contribution is 0.103. The van der Waals surface area contributed by atoms with Gasteiger partial charge in [-0.25, -0.2) is 15.0 Å². The smallest absolute Gasteiger partial charge is 0.283 e. The predicted octanol–water partition coefficient (Wildman–Crippen LogP) is 3.32. The zero-order chi connectivity index (χ0) is 20.9. The summed E-state index contributed by atoms with van der Waals surface area (Å²) in [4.78, 5) is 30.5. The predicted molar refractivity (Wildman–Crippen MR) is 112 cm³/mol. The monoisotopic (exact) mass is 403 g/mol. The molecule has 8 nitrogen and oxygen atoms in total. The van der Waals surface area contributed by atoms with Gasteiger partial charge in [0.05, 0.1) is 11.0 Å². The number of hydrogen-bond donors (Lipinski definition) is 1. The number of nitrogens with zero attached hydrogens (tertiary/aromatic N) is 4. The molecule has 0 aliphatic rings. The van der Waals surface area contributed by atoms with Crippen LogP contribution in [0.4, 0.5) is 0 Å². The molecule has 0 bridgehead atoms. The van der Waals surface area contributed by atoms with Crippen LogP contribution in [0.25, 0.3) is 11.0 Å². The highest BCUT2D eigenvalue weighted by Gasteiger charge is 2.15. The second-order valence-electron chi connectivity index (χ2n) is 6.88. The fourth-order valence-corrected chi connectivity index (χ4v) is 2.79. The van der Waals surface area contributed by atoms with Crippen LogP contribution in [-0.4, -0.2) is 57.9 Å². The third kappa shape index (κ3) is 4.44. The molecule has 8 heteroatoms. The van der Waals surface area contributed by atoms with Crippen LogP contribution in [0.1, 0.15) is 16.2 Å². The first-order chi connectivity index (χ1) is 14.6. The van der Waals surface area contributed by atoms with Crippen molar-refractivity contribution in [1.29, 1.82) is 0 Å². The highest BCUT2D eigenvalue weighted by atomic mass is 16.5. The first kappa shape index (κ1) is 19.5. The fourth-order valence-electron chi connectivity index (χ4n) is 2.79. The minimum Gasteiger partial charge on any atom is -0.472 e. The van der Waals surface area contributed by atoms with Crippen molar-refractivity contribution in [3.8, 4) is 17.5 Å². The first-order valence-corrected chi connectivity index (χ1v) is 9.46. The summed E-state index contributed by atoms with van der Waals surface area (Å²) in [5, 5.41) is 0. The van der Waals surface area contributed by atoms with Gasteiger partial charge in [0.15, 0.2) is 5.82 Å². The molecule has 4 aromatic rings. The number of rotatable bonds is 8. The van der Waals surface area contributed by atoms with Gasteiger partial charge in [-0.2, -0.15) is 0 Å². The Morgan fingerprint density at radius 3 is 2.47 bits per heavy atom. The van der Waals surface area contributed by atoms with Crippen LogP contribution >= 0.6 is 0 Å². The van der Waals surface area contributed by atoms with E-state index in [4.69, 9.17) is 9.47 Å². The molecule has 0 saturated heterocycles. The van der Waals surface area contributed by atoms with E-state index in [1.54, 1.807) is 30.5 Å². The number of hydrogen-bond acceptors (Lipinski definition) is 7. The van der Waals surface area contributed by atoms with Crippen molar-refractivity contribution in [3.05, 3.63) is 72.3 Å². The van der Waals surface area contributed by atoms with Crippen molar-refractivity contribution in [1.82, 2.24) is 24.8 Å². The largest absolute Gasteiger partial charge is 0.472 e. The number of carbonyl (C=O) groups is 1. The van der Waals surface area contributed by atoms with Gasteiger partial charge in [-0.05, 0) is 50.5 Å². The highest BCUT2D eigenvalue weighted by Crippen LogP contribution is 2.27. The summed E-state index contributed by atoms with van der Waals surface area (Å²) in [5.41, 5.74) is 2.08. The summed E-state index contributed by atoms with van der Waals surface area (Å²) in [7, 11) is 3.93. The molecule has 2 aromatic carbocycles. The highest BCUT2D eigenvalue weighted by molar-refractivity contribution is 6.08. The lowest BCUT2D eigenvalue weighted by Gasteiger charge is -2.12. The summed E-state index contributed by atoms with van der Waals surface area (Å²) >= 11 is 0. The average molecular weight is 403 g/mol. The maximum Gasteiger partial charge on any atom is 0.283 e. The van der Waals surface area contributed by atoms with Gasteiger partial charge in [-0.1, -0.05) is 12.1 Å². The first-order valence-electron chi connectivity index (χ1n) is 9.46. The van der Waals surface area contributed by atoms with Crippen molar-refractivity contribution in [2.45, 2.75) is 0 Å². The quantitative estimate of drug-likeness (QED) is 0.451. The molecule has 0 radical (unpaired) electrons. The number of nitrogens with one attached hydrogen (secondary N) is 1. The number of carbonyl (C=O) groups excluding carboxylic acids is 1. The van der Waals surface area contributed by atoms with Crippen LogP contribution in [-0.2, 0) is 0 Å². The molecule has 4 rings (SSSR count). The second-order valence-corrected chi connectivity index (χ2v) is 6.88. The second kappa shape index (κ2) is 8.71. The van der Waals surface area contributed by atoms with E-state index >= 15 is 0 Å². The Bertz CT molecular complexity index is 1120. The third-order valence-corrected chi connectivity index (χ3v) is 4.35. The Morgan fingerprint density at radius 2 is 1.73 bits per heavy atom. The maximum atomic E-state index is 12.7. The molecule has 0 fully saturated rings. The van der Waals surface area contributed by atoms with Gasteiger partial charge < -0.3 is 19.4 Å². The van der Waals surface area contributed by atoms with E-state index < -0.39 is 0 Å². The number of benzene rings is 2. The molecule has 1 N–H and O–H groups in total. The molecule has 0 aliphatic heterocycles. The lowest BCUT2D eigenvalue weighted by atomic mass is 10.1. The Morgan fingerprint density at radius 1 is 1.00 bits per heavy atom. The zero-order valence-electron chi connectivity index (χ0n) is 16.7. The molecule has 0 atom stereocenters. The Balaban J connectivity index is 1.47. The molecular formula is C22H21N5O3. The van der Waals surface area contributed by atoms with Crippen LogP contribution < -0.4 is 9.47 Å². The van der Waals surface area contributed by atoms with Crippen LogP contribution in [0.15, 0.2) is 60.9 Å². The summed E-state index contributed by atoms with van der Waals surface area (Å²) in [5.74, 6) is 1.23. The van der Waals surface area contributed by atoms with E-state index in [0.29, 0.717) is 29.6 Å². The van der Waals surface area contributed by atoms with Crippen LogP contribution in [0, 0.1) is 0 Å². The molecule has 2 heterocycles. The van der Waals surface area contributed by atoms with E-state index in [0.717, 1.165) is 17.6 Å². The average Bonchev–Trinajstić information content (AvgIpc) is 3.19. The van der Waals surface area contributed by atoms with E-state index in [9.17, 15) is 4.79 Å². The van der Waals surface area contributed by atoms with E-state index in [-0.39, 0.29) is 11.7 Å². The maximum absolute atomic E-state index is 12.7. The molecule has 0 spiro atoms. The van der Waals surface area contributed by atoms with Gasteiger partial charge in [0.25, 0.3) is 11.8 Å². The van der Waals surface area contributed by atoms with Crippen molar-refractivity contribution in [3.63, 3.8) is 0 Å². The summed E-state index contributed by atoms with van der Waals surface area (Å²) in [6.07, 6.45) is 3.08. The normalized spacial score (nSPS) is 11.0. The minimum atomic E-state index is -0.190. The van der Waals surface area contributed by atoms with Crippen molar-refractivity contribution >= 4 is 16.8 Å². The number of aromatic amines is 1. The van der Waals surface area contributed by atoms with Crippen LogP contribution in [0.5, 0.6) is 17.5 Å². The standard InChI is InChI=1S/C22H21N5O3/c1-27(2)13-14-29-21-22(24-12-11-23-21)30-16-9-7-15(8-10-16)19(28)20-25-17-5-3-4-6-18(17)26-20/h3-12H,13-14H2,1-2H3,(H,25,26). The van der Waals surface area contributed by atoms with Gasteiger partial charge in [0.1, 0.15) is 12.4 Å². The van der Waals surface area contributed by atoms with Gasteiger partial charge in [0, 0.05) is 24.5 Å². The molecule has 152 valence electrons. The summed E-state index contributed by atoms with van der Waals surface area (Å²) in [6.45, 7) is 1.21. The van der Waals surface area contributed by atoms with Crippen molar-refractivity contribution < 1.29 is 14.3 Å². The molecule has 2 aromatic heterocycles. The Labute approximate surface area is 173 Å². The zero-order valence-corrected chi connectivity index (χ0v) is 16.7. The van der Waals surface area contributed by atoms with Gasteiger partial charge in [0.2, 0.25) is 5.78 Å². The minimum absolute atomic E-state index is 0.190. The van der Waals surface area contributed by atoms with Crippen molar-refractivity contribution in [2.24, 2.45) is 0 Å². The topological polar surface area (TPSA) is 93.2 Å². The molecule has 0 unspecified atom stereocenters. The van der Waals surface area contributed by atoms with Gasteiger partial charge >= 0.3 is 0 Å². The molecule has 0 aliphatic carbocycles. The Kier molecular flexibility index (Phi) is 5.67. The number of imidazole rings is 1. The van der Waals surface area contributed by atoms with Gasteiger partial charge in [-0.15, -0.1) is 0 Å². The molecular weight excluding hydrogens is 382 g/mol. The number of para-hydroxylation sites is 2. The van der Waals surface area contributed by atoms with Crippen LogP contribution in [0.2, 0.25) is 0 Å². The Hall–Kier alpha value is -3.78. The van der Waals surface area contributed by atoms with Crippen molar-refractivity contribution in [2.75, 3.05) is 27.2 Å². The van der Waals surface area contributed by atoms with E-state index in [1.165, 1.54) is 6.20 Å². The summed E-state index contributed by atoms with van der Waals surface area (Å²) in [6, 6.07) is 14.3. The lowest BCUT2D eigenvalue weighted by Crippen LogP contribution is -2.19. The number of ketones is 1. The fraction of sp³-hybridized carbons (Fsp3) is 0.182. The van der Waals surface area contributed by atoms with Gasteiger partial charge in [-0.3, -0.25) is 4.79 Å².